The molecular weight excluding hydrogens is 264 g/mol. The van der Waals surface area contributed by atoms with Crippen LogP contribution >= 0.6 is 0 Å². The molecule has 1 aliphatic carbocycles. The molecule has 0 saturated heterocycles. The largest absolute Gasteiger partial charge is 0.508 e. The number of nitrogens with zero attached hydrogens (tertiary/aromatic N) is 1. The maximum absolute atomic E-state index is 9.60. The van der Waals surface area contributed by atoms with E-state index < -0.39 is 0 Å². The lowest BCUT2D eigenvalue weighted by molar-refractivity contribution is 0.0958. The Hall–Kier alpha value is -1.26. The maximum Gasteiger partial charge on any atom is 0.119 e. The number of phenolic OH excluding ortho intramolecular Hbond substituents is 2. The molecule has 0 spiro atoms. The SMILES string of the molecule is CC(NCC1(N(C)C)CCCCC1)c1cc(O)cc(O)c1. The van der Waals surface area contributed by atoms with Gasteiger partial charge in [0, 0.05) is 24.2 Å². The number of hydrogen-bond acceptors (Lipinski definition) is 4. The van der Waals surface area contributed by atoms with Crippen LogP contribution in [0.3, 0.4) is 0 Å². The first-order valence-electron chi connectivity index (χ1n) is 7.87. The van der Waals surface area contributed by atoms with Crippen LogP contribution in [0.15, 0.2) is 18.2 Å². The minimum atomic E-state index is 0.0988. The van der Waals surface area contributed by atoms with Crippen molar-refractivity contribution in [2.75, 3.05) is 20.6 Å². The van der Waals surface area contributed by atoms with Crippen molar-refractivity contribution in [3.63, 3.8) is 0 Å². The van der Waals surface area contributed by atoms with Crippen molar-refractivity contribution in [1.82, 2.24) is 10.2 Å². The molecule has 1 aliphatic rings. The molecule has 2 rings (SSSR count). The molecule has 21 heavy (non-hydrogen) atoms. The summed E-state index contributed by atoms with van der Waals surface area (Å²) < 4.78 is 0. The molecular formula is C17H28N2O2. The van der Waals surface area contributed by atoms with Gasteiger partial charge in [-0.3, -0.25) is 0 Å². The Morgan fingerprint density at radius 3 is 2.19 bits per heavy atom. The van der Waals surface area contributed by atoms with Crippen molar-refractivity contribution in [1.29, 1.82) is 0 Å². The lowest BCUT2D eigenvalue weighted by Gasteiger charge is -2.44. The molecule has 1 aromatic rings. The van der Waals surface area contributed by atoms with Gasteiger partial charge in [0.2, 0.25) is 0 Å². The molecule has 0 aromatic heterocycles. The monoisotopic (exact) mass is 292 g/mol. The van der Waals surface area contributed by atoms with Gasteiger partial charge in [-0.05, 0) is 51.6 Å². The summed E-state index contributed by atoms with van der Waals surface area (Å²) in [5.74, 6) is 0.220. The van der Waals surface area contributed by atoms with Gasteiger partial charge in [0.05, 0.1) is 0 Å². The zero-order valence-electron chi connectivity index (χ0n) is 13.4. The molecule has 0 amide bonds. The lowest BCUT2D eigenvalue weighted by Crippen LogP contribution is -2.53. The molecule has 118 valence electrons. The average molecular weight is 292 g/mol. The van der Waals surface area contributed by atoms with E-state index in [1.807, 2.05) is 0 Å². The van der Waals surface area contributed by atoms with Crippen LogP contribution in [0.1, 0.15) is 50.6 Å². The van der Waals surface area contributed by atoms with Crippen molar-refractivity contribution < 1.29 is 10.2 Å². The number of nitrogens with one attached hydrogen (secondary N) is 1. The first-order valence-corrected chi connectivity index (χ1v) is 7.87. The molecule has 3 N–H and O–H groups in total. The van der Waals surface area contributed by atoms with Crippen molar-refractivity contribution in [3.8, 4) is 11.5 Å². The highest BCUT2D eigenvalue weighted by molar-refractivity contribution is 5.37. The number of benzene rings is 1. The highest BCUT2D eigenvalue weighted by Gasteiger charge is 2.34. The van der Waals surface area contributed by atoms with E-state index in [1.54, 1.807) is 12.1 Å². The molecule has 0 radical (unpaired) electrons. The van der Waals surface area contributed by atoms with Crippen LogP contribution in [-0.4, -0.2) is 41.3 Å². The summed E-state index contributed by atoms with van der Waals surface area (Å²) in [5, 5.41) is 22.8. The van der Waals surface area contributed by atoms with Crippen LogP contribution in [0.25, 0.3) is 0 Å². The van der Waals surface area contributed by atoms with Crippen molar-refractivity contribution >= 4 is 0 Å². The molecule has 1 saturated carbocycles. The summed E-state index contributed by atoms with van der Waals surface area (Å²) in [5.41, 5.74) is 1.14. The van der Waals surface area contributed by atoms with Crippen molar-refractivity contribution in [2.45, 2.75) is 50.6 Å². The summed E-state index contributed by atoms with van der Waals surface area (Å²) in [6.07, 6.45) is 6.38. The normalized spacial score (nSPS) is 19.6. The first kappa shape index (κ1) is 16.1. The fourth-order valence-corrected chi connectivity index (χ4v) is 3.32. The number of phenols is 2. The summed E-state index contributed by atoms with van der Waals surface area (Å²) in [6, 6.07) is 4.88. The third kappa shape index (κ3) is 3.89. The summed E-state index contributed by atoms with van der Waals surface area (Å²) in [6.45, 7) is 3.00. The Labute approximate surface area is 127 Å². The van der Waals surface area contributed by atoms with E-state index in [0.29, 0.717) is 0 Å². The second-order valence-electron chi connectivity index (χ2n) is 6.56. The van der Waals surface area contributed by atoms with Gasteiger partial charge in [-0.1, -0.05) is 19.3 Å². The van der Waals surface area contributed by atoms with Crippen LogP contribution in [0.2, 0.25) is 0 Å². The average Bonchev–Trinajstić information content (AvgIpc) is 2.44. The van der Waals surface area contributed by atoms with E-state index in [9.17, 15) is 10.2 Å². The molecule has 1 aromatic carbocycles. The predicted molar refractivity (Wildman–Crippen MR) is 85.7 cm³/mol. The number of aromatic hydroxyl groups is 2. The Morgan fingerprint density at radius 2 is 1.67 bits per heavy atom. The zero-order chi connectivity index (χ0) is 15.5. The fraction of sp³-hybridized carbons (Fsp3) is 0.647. The topological polar surface area (TPSA) is 55.7 Å². The second-order valence-corrected chi connectivity index (χ2v) is 6.56. The van der Waals surface area contributed by atoms with Crippen molar-refractivity contribution in [2.24, 2.45) is 0 Å². The van der Waals surface area contributed by atoms with Gasteiger partial charge in [0.15, 0.2) is 0 Å². The van der Waals surface area contributed by atoms with Gasteiger partial charge in [-0.2, -0.15) is 0 Å². The second kappa shape index (κ2) is 6.67. The van der Waals surface area contributed by atoms with Gasteiger partial charge in [-0.15, -0.1) is 0 Å². The van der Waals surface area contributed by atoms with E-state index >= 15 is 0 Å². The molecule has 0 bridgehead atoms. The number of hydrogen-bond donors (Lipinski definition) is 3. The van der Waals surface area contributed by atoms with Crippen molar-refractivity contribution in [3.05, 3.63) is 23.8 Å². The van der Waals surface area contributed by atoms with Crippen LogP contribution in [0, 0.1) is 0 Å². The van der Waals surface area contributed by atoms with Crippen LogP contribution in [0.5, 0.6) is 11.5 Å². The van der Waals surface area contributed by atoms with Gasteiger partial charge < -0.3 is 20.4 Å². The van der Waals surface area contributed by atoms with Crippen LogP contribution in [0.4, 0.5) is 0 Å². The van der Waals surface area contributed by atoms with E-state index in [1.165, 1.54) is 38.2 Å². The zero-order valence-corrected chi connectivity index (χ0v) is 13.4. The van der Waals surface area contributed by atoms with Crippen LogP contribution in [-0.2, 0) is 0 Å². The minimum Gasteiger partial charge on any atom is -0.508 e. The Bertz CT molecular complexity index is 448. The van der Waals surface area contributed by atoms with Gasteiger partial charge in [0.1, 0.15) is 11.5 Å². The summed E-state index contributed by atoms with van der Waals surface area (Å²) in [7, 11) is 4.33. The third-order valence-electron chi connectivity index (χ3n) is 4.90. The molecule has 0 aliphatic heterocycles. The molecule has 4 nitrogen and oxygen atoms in total. The standard InChI is InChI=1S/C17H28N2O2/c1-13(14-9-15(20)11-16(21)10-14)18-12-17(19(2)3)7-5-4-6-8-17/h9-11,13,18,20-21H,4-8,12H2,1-3H3. The van der Waals surface area contributed by atoms with E-state index in [-0.39, 0.29) is 23.1 Å². The van der Waals surface area contributed by atoms with E-state index in [2.05, 4.69) is 31.2 Å². The quantitative estimate of drug-likeness (QED) is 0.781. The third-order valence-corrected chi connectivity index (χ3v) is 4.90. The van der Waals surface area contributed by atoms with Gasteiger partial charge >= 0.3 is 0 Å². The Kier molecular flexibility index (Phi) is 5.12. The maximum atomic E-state index is 9.60. The molecule has 0 heterocycles. The summed E-state index contributed by atoms with van der Waals surface area (Å²) in [4.78, 5) is 2.35. The number of rotatable bonds is 5. The van der Waals surface area contributed by atoms with Gasteiger partial charge in [-0.25, -0.2) is 0 Å². The fourth-order valence-electron chi connectivity index (χ4n) is 3.32. The Balaban J connectivity index is 2.03. The smallest absolute Gasteiger partial charge is 0.119 e. The minimum absolute atomic E-state index is 0.0988. The van der Waals surface area contributed by atoms with Crippen LogP contribution < -0.4 is 5.32 Å². The highest BCUT2D eigenvalue weighted by Crippen LogP contribution is 2.32. The molecule has 1 atom stereocenters. The molecule has 1 unspecified atom stereocenters. The highest BCUT2D eigenvalue weighted by atomic mass is 16.3. The molecule has 4 heteroatoms. The van der Waals surface area contributed by atoms with Gasteiger partial charge in [0.25, 0.3) is 0 Å². The van der Waals surface area contributed by atoms with E-state index in [0.717, 1.165) is 12.1 Å². The molecule has 1 fully saturated rings. The lowest BCUT2D eigenvalue weighted by atomic mass is 9.80. The van der Waals surface area contributed by atoms with E-state index in [4.69, 9.17) is 0 Å². The predicted octanol–water partition coefficient (Wildman–Crippen LogP) is 3.01. The first-order chi connectivity index (χ1) is 9.93. The summed E-state index contributed by atoms with van der Waals surface area (Å²) >= 11 is 0. The Morgan fingerprint density at radius 1 is 1.10 bits per heavy atom. The number of likely N-dealkylation sites (N-methyl/N-ethyl adjacent to an activating group) is 1.